The van der Waals surface area contributed by atoms with E-state index in [1.165, 1.54) is 6.07 Å². The number of benzene rings is 1. The zero-order valence-corrected chi connectivity index (χ0v) is 14.3. The molecule has 6 heteroatoms. The van der Waals surface area contributed by atoms with Crippen molar-refractivity contribution in [2.75, 3.05) is 0 Å². The van der Waals surface area contributed by atoms with Crippen molar-refractivity contribution in [3.05, 3.63) is 29.1 Å². The Kier molecular flexibility index (Phi) is 3.80. The van der Waals surface area contributed by atoms with E-state index in [1.54, 1.807) is 6.07 Å². The molecule has 1 N–H and O–H groups in total. The summed E-state index contributed by atoms with van der Waals surface area (Å²) in [5.74, 6) is -0.896. The Hall–Kier alpha value is -1.40. The lowest BCUT2D eigenvalue weighted by Crippen LogP contribution is -2.41. The molecule has 1 amide bonds. The molecular weight excluding hydrogens is 296 g/mol. The van der Waals surface area contributed by atoms with E-state index >= 15 is 0 Å². The lowest BCUT2D eigenvalue weighted by Gasteiger charge is -2.32. The van der Waals surface area contributed by atoms with E-state index in [2.05, 4.69) is 5.32 Å². The SMILES string of the molecule is Cc1cc(C(=O)NC2CC2)c(F)cc1B1OC(C)(C)C(C)(C)O1. The summed E-state index contributed by atoms with van der Waals surface area (Å²) in [6, 6.07) is 3.14. The number of rotatable bonds is 3. The van der Waals surface area contributed by atoms with Gasteiger partial charge in [0.15, 0.2) is 0 Å². The maximum Gasteiger partial charge on any atom is 0.495 e. The van der Waals surface area contributed by atoms with E-state index in [0.29, 0.717) is 5.46 Å². The minimum Gasteiger partial charge on any atom is -0.399 e. The van der Waals surface area contributed by atoms with E-state index in [-0.39, 0.29) is 17.5 Å². The van der Waals surface area contributed by atoms with Gasteiger partial charge >= 0.3 is 7.12 Å². The Bertz CT molecular complexity index is 639. The van der Waals surface area contributed by atoms with Crippen LogP contribution in [-0.2, 0) is 9.31 Å². The zero-order valence-electron chi connectivity index (χ0n) is 14.3. The van der Waals surface area contributed by atoms with Gasteiger partial charge in [-0.3, -0.25) is 4.79 Å². The molecule has 2 aliphatic rings. The third kappa shape index (κ3) is 3.02. The summed E-state index contributed by atoms with van der Waals surface area (Å²) in [4.78, 5) is 12.1. The minimum atomic E-state index is -0.630. The molecule has 2 fully saturated rings. The van der Waals surface area contributed by atoms with Gasteiger partial charge in [0, 0.05) is 6.04 Å². The average molecular weight is 319 g/mol. The van der Waals surface area contributed by atoms with E-state index in [1.807, 2.05) is 34.6 Å². The Labute approximate surface area is 136 Å². The maximum atomic E-state index is 14.4. The third-order valence-electron chi connectivity index (χ3n) is 5.02. The summed E-state index contributed by atoms with van der Waals surface area (Å²) >= 11 is 0. The predicted octanol–water partition coefficient (Wildman–Crippen LogP) is 2.33. The highest BCUT2D eigenvalue weighted by Crippen LogP contribution is 2.36. The Morgan fingerprint density at radius 2 is 1.78 bits per heavy atom. The molecule has 0 bridgehead atoms. The van der Waals surface area contributed by atoms with Gasteiger partial charge in [0.1, 0.15) is 5.82 Å². The van der Waals surface area contributed by atoms with Crippen LogP contribution < -0.4 is 10.8 Å². The van der Waals surface area contributed by atoms with Crippen molar-refractivity contribution < 1.29 is 18.5 Å². The van der Waals surface area contributed by atoms with Crippen molar-refractivity contribution in [2.45, 2.75) is 64.7 Å². The lowest BCUT2D eigenvalue weighted by molar-refractivity contribution is 0.00578. The van der Waals surface area contributed by atoms with E-state index < -0.39 is 24.1 Å². The van der Waals surface area contributed by atoms with Gasteiger partial charge in [-0.2, -0.15) is 0 Å². The molecule has 0 unspecified atom stereocenters. The molecule has 1 aliphatic carbocycles. The van der Waals surface area contributed by atoms with Gasteiger partial charge in [0.2, 0.25) is 0 Å². The topological polar surface area (TPSA) is 47.6 Å². The summed E-state index contributed by atoms with van der Waals surface area (Å²) in [6.45, 7) is 9.66. The van der Waals surface area contributed by atoms with Gasteiger partial charge in [-0.1, -0.05) is 5.56 Å². The number of carbonyl (C=O) groups is 1. The molecule has 4 nitrogen and oxygen atoms in total. The summed E-state index contributed by atoms with van der Waals surface area (Å²) in [7, 11) is -0.630. The van der Waals surface area contributed by atoms with Crippen LogP contribution in [0.3, 0.4) is 0 Å². The monoisotopic (exact) mass is 319 g/mol. The second kappa shape index (κ2) is 5.31. The molecule has 3 rings (SSSR count). The third-order valence-corrected chi connectivity index (χ3v) is 5.02. The summed E-state index contributed by atoms with van der Waals surface area (Å²) < 4.78 is 26.4. The minimum absolute atomic E-state index is 0.0784. The van der Waals surface area contributed by atoms with Crippen molar-refractivity contribution in [3.63, 3.8) is 0 Å². The Morgan fingerprint density at radius 3 is 2.30 bits per heavy atom. The highest BCUT2D eigenvalue weighted by molar-refractivity contribution is 6.62. The van der Waals surface area contributed by atoms with Crippen LogP contribution in [0.1, 0.15) is 56.5 Å². The van der Waals surface area contributed by atoms with E-state index in [9.17, 15) is 9.18 Å². The van der Waals surface area contributed by atoms with Gasteiger partial charge in [0.05, 0.1) is 16.8 Å². The van der Waals surface area contributed by atoms with Crippen LogP contribution in [-0.4, -0.2) is 30.3 Å². The standard InChI is InChI=1S/C17H23BFNO3/c1-10-8-12(15(21)20-11-6-7-11)14(19)9-13(10)18-22-16(2,3)17(4,5)23-18/h8-9,11H,6-7H2,1-5H3,(H,20,21). The van der Waals surface area contributed by atoms with Crippen LogP contribution in [0.4, 0.5) is 4.39 Å². The summed E-state index contributed by atoms with van der Waals surface area (Å²) in [6.07, 6.45) is 1.94. The van der Waals surface area contributed by atoms with Gasteiger partial charge in [-0.25, -0.2) is 4.39 Å². The van der Waals surface area contributed by atoms with Gasteiger partial charge in [-0.05, 0) is 65.1 Å². The zero-order chi connectivity index (χ0) is 17.0. The average Bonchev–Trinajstić information content (AvgIpc) is 3.19. The quantitative estimate of drug-likeness (QED) is 0.870. The van der Waals surface area contributed by atoms with Crippen molar-refractivity contribution in [3.8, 4) is 0 Å². The van der Waals surface area contributed by atoms with Crippen LogP contribution in [0.25, 0.3) is 0 Å². The fourth-order valence-electron chi connectivity index (χ4n) is 2.59. The largest absolute Gasteiger partial charge is 0.495 e. The molecule has 0 aromatic heterocycles. The number of hydrogen-bond acceptors (Lipinski definition) is 3. The molecule has 1 saturated heterocycles. The fraction of sp³-hybridized carbons (Fsp3) is 0.588. The first kappa shape index (κ1) is 16.5. The highest BCUT2D eigenvalue weighted by atomic mass is 19.1. The summed E-state index contributed by atoms with van der Waals surface area (Å²) in [5.41, 5.74) is 0.523. The number of nitrogens with one attached hydrogen (secondary N) is 1. The number of halogens is 1. The molecule has 1 aliphatic heterocycles. The van der Waals surface area contributed by atoms with E-state index in [0.717, 1.165) is 18.4 Å². The number of aryl methyl sites for hydroxylation is 1. The molecule has 0 atom stereocenters. The molecule has 124 valence electrons. The van der Waals surface area contributed by atoms with Crippen LogP contribution >= 0.6 is 0 Å². The number of hydrogen-bond donors (Lipinski definition) is 1. The normalized spacial score (nSPS) is 22.3. The van der Waals surface area contributed by atoms with Crippen LogP contribution in [0.15, 0.2) is 12.1 Å². The fourth-order valence-corrected chi connectivity index (χ4v) is 2.59. The molecule has 0 radical (unpaired) electrons. The van der Waals surface area contributed by atoms with Crippen molar-refractivity contribution in [2.24, 2.45) is 0 Å². The molecule has 0 spiro atoms. The van der Waals surface area contributed by atoms with Gasteiger partial charge < -0.3 is 14.6 Å². The summed E-state index contributed by atoms with van der Waals surface area (Å²) in [5, 5.41) is 2.81. The first-order valence-corrected chi connectivity index (χ1v) is 8.07. The number of carbonyl (C=O) groups excluding carboxylic acids is 1. The van der Waals surface area contributed by atoms with Crippen molar-refractivity contribution in [1.82, 2.24) is 5.32 Å². The van der Waals surface area contributed by atoms with Crippen molar-refractivity contribution >= 4 is 18.5 Å². The molecule has 1 saturated carbocycles. The van der Waals surface area contributed by atoms with Crippen LogP contribution in [0.5, 0.6) is 0 Å². The second-order valence-electron chi connectivity index (χ2n) is 7.52. The second-order valence-corrected chi connectivity index (χ2v) is 7.52. The molecule has 1 aromatic rings. The lowest BCUT2D eigenvalue weighted by atomic mass is 9.75. The Balaban J connectivity index is 1.87. The molecular formula is C17H23BFNO3. The first-order chi connectivity index (χ1) is 10.6. The molecule has 23 heavy (non-hydrogen) atoms. The molecule has 1 heterocycles. The van der Waals surface area contributed by atoms with Crippen LogP contribution in [0, 0.1) is 12.7 Å². The smallest absolute Gasteiger partial charge is 0.399 e. The Morgan fingerprint density at radius 1 is 1.22 bits per heavy atom. The first-order valence-electron chi connectivity index (χ1n) is 8.07. The number of amides is 1. The molecule has 1 aromatic carbocycles. The van der Waals surface area contributed by atoms with Gasteiger partial charge in [0.25, 0.3) is 5.91 Å². The highest BCUT2D eigenvalue weighted by Gasteiger charge is 2.52. The van der Waals surface area contributed by atoms with Crippen LogP contribution in [0.2, 0.25) is 0 Å². The van der Waals surface area contributed by atoms with Gasteiger partial charge in [-0.15, -0.1) is 0 Å². The maximum absolute atomic E-state index is 14.4. The van der Waals surface area contributed by atoms with E-state index in [4.69, 9.17) is 9.31 Å². The van der Waals surface area contributed by atoms with Crippen molar-refractivity contribution in [1.29, 1.82) is 0 Å². The predicted molar refractivity (Wildman–Crippen MR) is 87.3 cm³/mol.